The molecular formula is C9H14ClN3O. The highest BCUT2D eigenvalue weighted by molar-refractivity contribution is 6.30. The minimum absolute atomic E-state index is 0.116. The van der Waals surface area contributed by atoms with E-state index in [1.165, 1.54) is 0 Å². The van der Waals surface area contributed by atoms with E-state index >= 15 is 0 Å². The number of aromatic nitrogens is 2. The van der Waals surface area contributed by atoms with Crippen molar-refractivity contribution >= 4 is 17.4 Å². The second kappa shape index (κ2) is 4.57. The summed E-state index contributed by atoms with van der Waals surface area (Å²) >= 11 is 5.99. The maximum absolute atomic E-state index is 11.4. The molecule has 1 aromatic heterocycles. The zero-order valence-electron chi connectivity index (χ0n) is 8.59. The lowest BCUT2D eigenvalue weighted by Crippen LogP contribution is -2.20. The Balaban J connectivity index is 2.81. The fourth-order valence-corrected chi connectivity index (χ4v) is 1.57. The van der Waals surface area contributed by atoms with Crippen LogP contribution in [0.1, 0.15) is 11.3 Å². The van der Waals surface area contributed by atoms with Crippen molar-refractivity contribution in [1.29, 1.82) is 0 Å². The monoisotopic (exact) mass is 215 g/mol. The van der Waals surface area contributed by atoms with Crippen molar-refractivity contribution in [3.8, 4) is 0 Å². The molecule has 78 valence electrons. The van der Waals surface area contributed by atoms with Gasteiger partial charge in [0.2, 0.25) is 0 Å². The van der Waals surface area contributed by atoms with Crippen molar-refractivity contribution in [3.63, 3.8) is 0 Å². The number of hydrogen-bond acceptors (Lipinski definition) is 3. The summed E-state index contributed by atoms with van der Waals surface area (Å²) in [7, 11) is 3.51. The highest BCUT2D eigenvalue weighted by atomic mass is 35.5. The molecule has 1 aromatic rings. The third-order valence-corrected chi connectivity index (χ3v) is 2.49. The molecule has 1 N–H and O–H groups in total. The van der Waals surface area contributed by atoms with E-state index in [4.69, 9.17) is 11.6 Å². The van der Waals surface area contributed by atoms with Gasteiger partial charge in [-0.25, -0.2) is 0 Å². The molecule has 1 heterocycles. The Hall–Kier alpha value is -0.870. The maximum Gasteiger partial charge on any atom is 0.151 e. The van der Waals surface area contributed by atoms with E-state index in [1.54, 1.807) is 18.8 Å². The second-order valence-electron chi connectivity index (χ2n) is 3.22. The molecule has 0 aliphatic rings. The minimum atomic E-state index is 0.116. The Morgan fingerprint density at radius 1 is 1.64 bits per heavy atom. The van der Waals surface area contributed by atoms with Crippen LogP contribution in [0.25, 0.3) is 0 Å². The topological polar surface area (TPSA) is 46.9 Å². The summed E-state index contributed by atoms with van der Waals surface area (Å²) < 4.78 is 1.58. The molecule has 4 nitrogen and oxygen atoms in total. The van der Waals surface area contributed by atoms with Gasteiger partial charge in [-0.15, -0.1) is 0 Å². The van der Waals surface area contributed by atoms with Crippen LogP contribution in [0.15, 0.2) is 0 Å². The van der Waals surface area contributed by atoms with Gasteiger partial charge in [0.05, 0.1) is 12.2 Å². The zero-order valence-corrected chi connectivity index (χ0v) is 9.35. The van der Waals surface area contributed by atoms with Crippen LogP contribution in [0, 0.1) is 6.92 Å². The molecule has 5 heteroatoms. The summed E-state index contributed by atoms with van der Waals surface area (Å²) in [4.78, 5) is 11.4. The number of rotatable bonds is 4. The van der Waals surface area contributed by atoms with Gasteiger partial charge in [-0.1, -0.05) is 11.6 Å². The molecule has 0 saturated heterocycles. The fourth-order valence-electron chi connectivity index (χ4n) is 1.33. The first-order chi connectivity index (χ1) is 6.56. The van der Waals surface area contributed by atoms with Crippen molar-refractivity contribution in [3.05, 3.63) is 16.4 Å². The molecule has 14 heavy (non-hydrogen) atoms. The molecule has 0 saturated carbocycles. The Bertz CT molecular complexity index is 346. The Labute approximate surface area is 88.2 Å². The van der Waals surface area contributed by atoms with Crippen LogP contribution in [0.5, 0.6) is 0 Å². The van der Waals surface area contributed by atoms with Crippen LogP contribution in [-0.2, 0) is 18.3 Å². The summed E-state index contributed by atoms with van der Waals surface area (Å²) in [5.74, 6) is 0.116. The molecule has 1 rings (SSSR count). The largest absolute Gasteiger partial charge is 0.313 e. The molecule has 0 aliphatic carbocycles. The maximum atomic E-state index is 11.4. The highest BCUT2D eigenvalue weighted by Crippen LogP contribution is 2.18. The van der Waals surface area contributed by atoms with E-state index in [1.807, 2.05) is 6.92 Å². The van der Waals surface area contributed by atoms with E-state index in [9.17, 15) is 4.79 Å². The standard InChI is InChI=1S/C9H14ClN3O/c1-6-8(4-7(14)5-11-2)9(10)13(3)12-6/h11H,4-5H2,1-3H3. The molecule has 0 atom stereocenters. The number of carbonyl (C=O) groups excluding carboxylic acids is 1. The molecule has 0 bridgehead atoms. The lowest BCUT2D eigenvalue weighted by Gasteiger charge is -1.99. The third-order valence-electron chi connectivity index (χ3n) is 2.02. The van der Waals surface area contributed by atoms with Gasteiger partial charge in [0.15, 0.2) is 5.78 Å². The van der Waals surface area contributed by atoms with Crippen LogP contribution >= 0.6 is 11.6 Å². The Kier molecular flexibility index (Phi) is 3.66. The number of Topliss-reactive ketones (excluding diaryl/α,β-unsaturated/α-hetero) is 1. The predicted molar refractivity (Wildman–Crippen MR) is 55.6 cm³/mol. The molecule has 0 amide bonds. The number of ketones is 1. The van der Waals surface area contributed by atoms with Gasteiger partial charge < -0.3 is 5.32 Å². The third kappa shape index (κ3) is 2.33. The summed E-state index contributed by atoms with van der Waals surface area (Å²) in [5.41, 5.74) is 1.65. The summed E-state index contributed by atoms with van der Waals surface area (Å²) in [6.07, 6.45) is 0.347. The molecular weight excluding hydrogens is 202 g/mol. The first kappa shape index (κ1) is 11.2. The summed E-state index contributed by atoms with van der Waals surface area (Å²) in [6.45, 7) is 2.22. The van der Waals surface area contributed by atoms with Crippen molar-refractivity contribution in [2.24, 2.45) is 7.05 Å². The van der Waals surface area contributed by atoms with Gasteiger partial charge in [0.1, 0.15) is 5.15 Å². The van der Waals surface area contributed by atoms with Gasteiger partial charge in [0.25, 0.3) is 0 Å². The van der Waals surface area contributed by atoms with Crippen LogP contribution in [0.2, 0.25) is 5.15 Å². The van der Waals surface area contributed by atoms with Gasteiger partial charge in [-0.3, -0.25) is 9.48 Å². The van der Waals surface area contributed by atoms with Crippen LogP contribution < -0.4 is 5.32 Å². The molecule has 0 spiro atoms. The summed E-state index contributed by atoms with van der Waals surface area (Å²) in [5, 5.41) is 7.50. The zero-order chi connectivity index (χ0) is 10.7. The number of nitrogens with zero attached hydrogens (tertiary/aromatic N) is 2. The van der Waals surface area contributed by atoms with Crippen LogP contribution in [0.4, 0.5) is 0 Å². The van der Waals surface area contributed by atoms with E-state index in [-0.39, 0.29) is 5.78 Å². The van der Waals surface area contributed by atoms with Gasteiger partial charge in [0, 0.05) is 19.0 Å². The van der Waals surface area contributed by atoms with Crippen LogP contribution in [-0.4, -0.2) is 29.2 Å². The number of aryl methyl sites for hydroxylation is 2. The predicted octanol–water partition coefficient (Wildman–Crippen LogP) is 0.713. The average Bonchev–Trinajstić information content (AvgIpc) is 2.33. The van der Waals surface area contributed by atoms with Crippen molar-refractivity contribution in [2.75, 3.05) is 13.6 Å². The molecule has 0 aromatic carbocycles. The van der Waals surface area contributed by atoms with Crippen LogP contribution in [0.3, 0.4) is 0 Å². The van der Waals surface area contributed by atoms with Crippen molar-refractivity contribution in [2.45, 2.75) is 13.3 Å². The number of carbonyl (C=O) groups is 1. The molecule has 0 unspecified atom stereocenters. The van der Waals surface area contributed by atoms with E-state index in [2.05, 4.69) is 10.4 Å². The first-order valence-corrected chi connectivity index (χ1v) is 4.78. The smallest absolute Gasteiger partial charge is 0.151 e. The fraction of sp³-hybridized carbons (Fsp3) is 0.556. The van der Waals surface area contributed by atoms with Gasteiger partial charge in [-0.2, -0.15) is 5.10 Å². The molecule has 0 fully saturated rings. The normalized spacial score (nSPS) is 10.6. The average molecular weight is 216 g/mol. The Morgan fingerprint density at radius 2 is 2.29 bits per heavy atom. The van der Waals surface area contributed by atoms with Crippen molar-refractivity contribution in [1.82, 2.24) is 15.1 Å². The van der Waals surface area contributed by atoms with Gasteiger partial charge >= 0.3 is 0 Å². The molecule has 0 aliphatic heterocycles. The highest BCUT2D eigenvalue weighted by Gasteiger charge is 2.13. The van der Waals surface area contributed by atoms with E-state index in [0.717, 1.165) is 11.3 Å². The SMILES string of the molecule is CNCC(=O)Cc1c(C)nn(C)c1Cl. The number of hydrogen-bond donors (Lipinski definition) is 1. The van der Waals surface area contributed by atoms with Crippen molar-refractivity contribution < 1.29 is 4.79 Å². The number of likely N-dealkylation sites (N-methyl/N-ethyl adjacent to an activating group) is 1. The quantitative estimate of drug-likeness (QED) is 0.805. The lowest BCUT2D eigenvalue weighted by atomic mass is 10.1. The number of nitrogens with one attached hydrogen (secondary N) is 1. The first-order valence-electron chi connectivity index (χ1n) is 4.40. The Morgan fingerprint density at radius 3 is 2.71 bits per heavy atom. The number of halogens is 1. The lowest BCUT2D eigenvalue weighted by molar-refractivity contribution is -0.117. The van der Waals surface area contributed by atoms with E-state index < -0.39 is 0 Å². The van der Waals surface area contributed by atoms with E-state index in [0.29, 0.717) is 18.1 Å². The second-order valence-corrected chi connectivity index (χ2v) is 3.58. The van der Waals surface area contributed by atoms with Gasteiger partial charge in [-0.05, 0) is 14.0 Å². The molecule has 0 radical (unpaired) electrons. The minimum Gasteiger partial charge on any atom is -0.313 e. The summed E-state index contributed by atoms with van der Waals surface area (Å²) in [6, 6.07) is 0.